The SMILES string of the molecule is CC(NC(=O)CN1CCCc2c(C(N)=O)cccc21)c1cccs1. The first-order valence-electron chi connectivity index (χ1n) is 8.05. The van der Waals surface area contributed by atoms with Gasteiger partial charge in [0.2, 0.25) is 11.8 Å². The van der Waals surface area contributed by atoms with Crippen LogP contribution in [0.25, 0.3) is 0 Å². The fourth-order valence-electron chi connectivity index (χ4n) is 3.17. The number of anilines is 1. The lowest BCUT2D eigenvalue weighted by atomic mass is 9.96. The molecule has 0 saturated heterocycles. The van der Waals surface area contributed by atoms with Gasteiger partial charge in [-0.3, -0.25) is 9.59 Å². The molecule has 0 radical (unpaired) electrons. The van der Waals surface area contributed by atoms with Crippen LogP contribution in [0, 0.1) is 0 Å². The van der Waals surface area contributed by atoms with E-state index in [-0.39, 0.29) is 18.5 Å². The van der Waals surface area contributed by atoms with Crippen molar-refractivity contribution in [2.75, 3.05) is 18.0 Å². The van der Waals surface area contributed by atoms with Gasteiger partial charge in [0.1, 0.15) is 0 Å². The number of benzene rings is 1. The highest BCUT2D eigenvalue weighted by molar-refractivity contribution is 7.10. The van der Waals surface area contributed by atoms with Crippen LogP contribution in [0.2, 0.25) is 0 Å². The number of primary amides is 1. The number of hydrogen-bond acceptors (Lipinski definition) is 4. The lowest BCUT2D eigenvalue weighted by Gasteiger charge is -2.32. The Morgan fingerprint density at radius 2 is 2.17 bits per heavy atom. The van der Waals surface area contributed by atoms with Crippen molar-refractivity contribution in [3.63, 3.8) is 0 Å². The molecule has 0 bridgehead atoms. The van der Waals surface area contributed by atoms with E-state index in [2.05, 4.69) is 5.32 Å². The van der Waals surface area contributed by atoms with Crippen LogP contribution in [0.5, 0.6) is 0 Å². The lowest BCUT2D eigenvalue weighted by molar-refractivity contribution is -0.120. The molecular formula is C18H21N3O2S. The van der Waals surface area contributed by atoms with Gasteiger partial charge in [0, 0.05) is 22.7 Å². The number of carbonyl (C=O) groups is 2. The fourth-order valence-corrected chi connectivity index (χ4v) is 3.90. The van der Waals surface area contributed by atoms with Crippen molar-refractivity contribution in [3.05, 3.63) is 51.7 Å². The molecule has 5 nitrogen and oxygen atoms in total. The Balaban J connectivity index is 1.72. The van der Waals surface area contributed by atoms with Gasteiger partial charge in [-0.2, -0.15) is 0 Å². The summed E-state index contributed by atoms with van der Waals surface area (Å²) in [7, 11) is 0. The Labute approximate surface area is 145 Å². The maximum Gasteiger partial charge on any atom is 0.249 e. The van der Waals surface area contributed by atoms with Crippen molar-refractivity contribution in [2.24, 2.45) is 5.73 Å². The average molecular weight is 343 g/mol. The monoisotopic (exact) mass is 343 g/mol. The summed E-state index contributed by atoms with van der Waals surface area (Å²) in [5.74, 6) is -0.433. The third kappa shape index (κ3) is 3.43. The van der Waals surface area contributed by atoms with E-state index in [4.69, 9.17) is 5.73 Å². The number of thiophene rings is 1. The summed E-state index contributed by atoms with van der Waals surface area (Å²) in [6.45, 7) is 3.07. The number of carbonyl (C=O) groups excluding carboxylic acids is 2. The Morgan fingerprint density at radius 1 is 1.33 bits per heavy atom. The highest BCUT2D eigenvalue weighted by atomic mass is 32.1. The van der Waals surface area contributed by atoms with Crippen molar-refractivity contribution in [1.29, 1.82) is 0 Å². The predicted octanol–water partition coefficient (Wildman–Crippen LogP) is 2.48. The normalized spacial score (nSPS) is 14.8. The van der Waals surface area contributed by atoms with E-state index >= 15 is 0 Å². The van der Waals surface area contributed by atoms with Gasteiger partial charge in [-0.1, -0.05) is 12.1 Å². The number of nitrogens with two attached hydrogens (primary N) is 1. The minimum atomic E-state index is -0.413. The molecule has 24 heavy (non-hydrogen) atoms. The maximum absolute atomic E-state index is 12.4. The number of amides is 2. The molecule has 0 spiro atoms. The van der Waals surface area contributed by atoms with Gasteiger partial charge in [0.05, 0.1) is 12.6 Å². The summed E-state index contributed by atoms with van der Waals surface area (Å²) in [6, 6.07) is 9.53. The van der Waals surface area contributed by atoms with Gasteiger partial charge < -0.3 is 16.0 Å². The first-order chi connectivity index (χ1) is 11.6. The molecule has 0 saturated carbocycles. The minimum Gasteiger partial charge on any atom is -0.366 e. The maximum atomic E-state index is 12.4. The fraction of sp³-hybridized carbons (Fsp3) is 0.333. The number of rotatable bonds is 5. The molecule has 1 atom stereocenters. The van der Waals surface area contributed by atoms with Gasteiger partial charge in [-0.15, -0.1) is 11.3 Å². The van der Waals surface area contributed by atoms with E-state index in [0.29, 0.717) is 5.56 Å². The molecule has 3 N–H and O–H groups in total. The molecule has 1 aromatic carbocycles. The van der Waals surface area contributed by atoms with E-state index in [1.54, 1.807) is 17.4 Å². The molecule has 1 aliphatic heterocycles. The molecular weight excluding hydrogens is 322 g/mol. The predicted molar refractivity (Wildman–Crippen MR) is 96.4 cm³/mol. The van der Waals surface area contributed by atoms with Crippen LogP contribution in [0.1, 0.15) is 40.2 Å². The second-order valence-electron chi connectivity index (χ2n) is 6.00. The zero-order chi connectivity index (χ0) is 17.1. The van der Waals surface area contributed by atoms with Gasteiger partial charge in [-0.25, -0.2) is 0 Å². The molecule has 1 aliphatic rings. The molecule has 2 heterocycles. The zero-order valence-corrected chi connectivity index (χ0v) is 14.4. The van der Waals surface area contributed by atoms with Crippen LogP contribution < -0.4 is 16.0 Å². The van der Waals surface area contributed by atoms with Crippen LogP contribution in [0.4, 0.5) is 5.69 Å². The van der Waals surface area contributed by atoms with E-state index in [9.17, 15) is 9.59 Å². The summed E-state index contributed by atoms with van der Waals surface area (Å²) in [6.07, 6.45) is 1.73. The van der Waals surface area contributed by atoms with Crippen LogP contribution in [0.3, 0.4) is 0 Å². The zero-order valence-electron chi connectivity index (χ0n) is 13.6. The quantitative estimate of drug-likeness (QED) is 0.876. The summed E-state index contributed by atoms with van der Waals surface area (Å²) >= 11 is 1.63. The first-order valence-corrected chi connectivity index (χ1v) is 8.93. The van der Waals surface area contributed by atoms with Crippen molar-refractivity contribution < 1.29 is 9.59 Å². The molecule has 2 amide bonds. The van der Waals surface area contributed by atoms with Gasteiger partial charge in [0.25, 0.3) is 0 Å². The summed E-state index contributed by atoms with van der Waals surface area (Å²) in [5.41, 5.74) is 7.92. The molecule has 0 fully saturated rings. The van der Waals surface area contributed by atoms with E-state index in [1.807, 2.05) is 41.5 Å². The third-order valence-electron chi connectivity index (χ3n) is 4.29. The second-order valence-corrected chi connectivity index (χ2v) is 6.98. The second kappa shape index (κ2) is 7.05. The highest BCUT2D eigenvalue weighted by Crippen LogP contribution is 2.29. The molecule has 6 heteroatoms. The molecule has 2 aromatic rings. The Kier molecular flexibility index (Phi) is 4.85. The van der Waals surface area contributed by atoms with E-state index in [0.717, 1.165) is 35.5 Å². The van der Waals surface area contributed by atoms with Crippen LogP contribution in [-0.4, -0.2) is 24.9 Å². The van der Waals surface area contributed by atoms with Gasteiger partial charge in [0.15, 0.2) is 0 Å². The van der Waals surface area contributed by atoms with Gasteiger partial charge in [-0.05, 0) is 48.9 Å². The molecule has 3 rings (SSSR count). The van der Waals surface area contributed by atoms with Crippen LogP contribution in [-0.2, 0) is 11.2 Å². The Hall–Kier alpha value is -2.34. The Morgan fingerprint density at radius 3 is 2.88 bits per heavy atom. The third-order valence-corrected chi connectivity index (χ3v) is 5.35. The van der Waals surface area contributed by atoms with Gasteiger partial charge >= 0.3 is 0 Å². The van der Waals surface area contributed by atoms with Crippen LogP contribution in [0.15, 0.2) is 35.7 Å². The topological polar surface area (TPSA) is 75.4 Å². The number of fused-ring (bicyclic) bond motifs is 1. The van der Waals surface area contributed by atoms with Crippen molar-refractivity contribution in [1.82, 2.24) is 5.32 Å². The molecule has 0 aliphatic carbocycles. The number of hydrogen-bond donors (Lipinski definition) is 2. The van der Waals surface area contributed by atoms with Crippen molar-refractivity contribution in [3.8, 4) is 0 Å². The first kappa shape index (κ1) is 16.5. The minimum absolute atomic E-state index is 0.00119. The van der Waals surface area contributed by atoms with Crippen LogP contribution >= 0.6 is 11.3 Å². The Bertz CT molecular complexity index is 743. The van der Waals surface area contributed by atoms with E-state index < -0.39 is 5.91 Å². The largest absolute Gasteiger partial charge is 0.366 e. The van der Waals surface area contributed by atoms with Crippen molar-refractivity contribution >= 4 is 28.8 Å². The van der Waals surface area contributed by atoms with Crippen molar-refractivity contribution in [2.45, 2.75) is 25.8 Å². The number of nitrogens with one attached hydrogen (secondary N) is 1. The highest BCUT2D eigenvalue weighted by Gasteiger charge is 2.23. The molecule has 1 unspecified atom stereocenters. The summed E-state index contributed by atoms with van der Waals surface area (Å²) in [4.78, 5) is 27.2. The standard InChI is InChI=1S/C18H21N3O2S/c1-12(16-8-4-10-24-16)20-17(22)11-21-9-3-6-13-14(18(19)23)5-2-7-15(13)21/h2,4-5,7-8,10,12H,3,6,9,11H2,1H3,(H2,19,23)(H,20,22). The summed E-state index contributed by atoms with van der Waals surface area (Å²) < 4.78 is 0. The lowest BCUT2D eigenvalue weighted by Crippen LogP contribution is -2.40. The van der Waals surface area contributed by atoms with E-state index in [1.165, 1.54) is 0 Å². The smallest absolute Gasteiger partial charge is 0.249 e. The molecule has 126 valence electrons. The molecule has 1 aromatic heterocycles. The average Bonchev–Trinajstić information content (AvgIpc) is 3.09. The summed E-state index contributed by atoms with van der Waals surface area (Å²) in [5, 5.41) is 5.04. The number of nitrogens with zero attached hydrogens (tertiary/aromatic N) is 1.